The summed E-state index contributed by atoms with van der Waals surface area (Å²) in [5.41, 5.74) is 5.83. The molecule has 0 spiro atoms. The van der Waals surface area contributed by atoms with Crippen LogP contribution in [0.25, 0.3) is 0 Å². The van der Waals surface area contributed by atoms with Gasteiger partial charge in [-0.25, -0.2) is 0 Å². The van der Waals surface area contributed by atoms with Gasteiger partial charge in [0, 0.05) is 19.6 Å². The average molecular weight is 257 g/mol. The lowest BCUT2D eigenvalue weighted by Crippen LogP contribution is -2.46. The highest BCUT2D eigenvalue weighted by atomic mass is 16.2. The summed E-state index contributed by atoms with van der Waals surface area (Å²) < 4.78 is 0. The smallest absolute Gasteiger partial charge is 0.236 e. The van der Waals surface area contributed by atoms with Gasteiger partial charge in [0.05, 0.1) is 6.54 Å². The third kappa shape index (κ3) is 6.36. The summed E-state index contributed by atoms with van der Waals surface area (Å²) in [6.07, 6.45) is 1.05. The molecule has 0 aliphatic carbocycles. The van der Waals surface area contributed by atoms with Gasteiger partial charge in [-0.3, -0.25) is 9.69 Å². The van der Waals surface area contributed by atoms with Crippen LogP contribution in [0, 0.1) is 5.41 Å². The van der Waals surface area contributed by atoms with E-state index < -0.39 is 0 Å². The van der Waals surface area contributed by atoms with Crippen LogP contribution in [-0.2, 0) is 4.79 Å². The summed E-state index contributed by atoms with van der Waals surface area (Å²) in [6.45, 7) is 13.4. The van der Waals surface area contributed by atoms with E-state index in [1.807, 2.05) is 20.9 Å². The molecule has 0 fully saturated rings. The topological polar surface area (TPSA) is 49.6 Å². The monoisotopic (exact) mass is 257 g/mol. The van der Waals surface area contributed by atoms with Crippen LogP contribution >= 0.6 is 0 Å². The van der Waals surface area contributed by atoms with Crippen LogP contribution in [0.3, 0.4) is 0 Å². The number of nitrogens with two attached hydrogens (primary N) is 1. The highest BCUT2D eigenvalue weighted by Gasteiger charge is 2.22. The van der Waals surface area contributed by atoms with E-state index in [1.165, 1.54) is 0 Å². The summed E-state index contributed by atoms with van der Waals surface area (Å²) >= 11 is 0. The van der Waals surface area contributed by atoms with Crippen molar-refractivity contribution in [2.24, 2.45) is 11.1 Å². The summed E-state index contributed by atoms with van der Waals surface area (Å²) in [4.78, 5) is 16.1. The number of hydrogen-bond acceptors (Lipinski definition) is 3. The van der Waals surface area contributed by atoms with Gasteiger partial charge in [0.15, 0.2) is 0 Å². The van der Waals surface area contributed by atoms with Crippen molar-refractivity contribution in [2.45, 2.75) is 47.1 Å². The van der Waals surface area contributed by atoms with Crippen LogP contribution in [0.4, 0.5) is 0 Å². The van der Waals surface area contributed by atoms with Crippen molar-refractivity contribution in [3.8, 4) is 0 Å². The minimum atomic E-state index is 0.0614. The van der Waals surface area contributed by atoms with E-state index in [2.05, 4.69) is 25.7 Å². The van der Waals surface area contributed by atoms with Crippen molar-refractivity contribution in [1.82, 2.24) is 9.80 Å². The van der Waals surface area contributed by atoms with E-state index >= 15 is 0 Å². The van der Waals surface area contributed by atoms with Crippen LogP contribution < -0.4 is 5.73 Å². The second kappa shape index (κ2) is 7.74. The van der Waals surface area contributed by atoms with Gasteiger partial charge >= 0.3 is 0 Å². The summed E-state index contributed by atoms with van der Waals surface area (Å²) in [5.74, 6) is 0.186. The first kappa shape index (κ1) is 17.4. The predicted octanol–water partition coefficient (Wildman–Crippen LogP) is 1.55. The van der Waals surface area contributed by atoms with Gasteiger partial charge in [-0.15, -0.1) is 0 Å². The molecule has 0 aliphatic heterocycles. The number of nitrogens with zero attached hydrogens (tertiary/aromatic N) is 2. The second-order valence-corrected chi connectivity index (χ2v) is 6.18. The Morgan fingerprint density at radius 2 is 1.89 bits per heavy atom. The second-order valence-electron chi connectivity index (χ2n) is 6.18. The first-order valence-corrected chi connectivity index (χ1v) is 6.91. The van der Waals surface area contributed by atoms with E-state index in [4.69, 9.17) is 5.73 Å². The standard InChI is InChI=1S/C14H31N3O/c1-7-8-17(11-14(4,5)10-15)9-13(18)16(6)12(2)3/h12H,7-11,15H2,1-6H3. The van der Waals surface area contributed by atoms with Crippen molar-refractivity contribution in [1.29, 1.82) is 0 Å². The number of likely N-dealkylation sites (N-methyl/N-ethyl adjacent to an activating group) is 1. The Balaban J connectivity index is 4.49. The zero-order valence-electron chi connectivity index (χ0n) is 13.0. The largest absolute Gasteiger partial charge is 0.342 e. The molecule has 0 aromatic rings. The molecule has 0 saturated carbocycles. The number of amides is 1. The molecule has 0 unspecified atom stereocenters. The van der Waals surface area contributed by atoms with Crippen molar-refractivity contribution in [3.63, 3.8) is 0 Å². The summed E-state index contributed by atoms with van der Waals surface area (Å²) in [5, 5.41) is 0. The molecule has 108 valence electrons. The van der Waals surface area contributed by atoms with E-state index in [0.717, 1.165) is 19.5 Å². The third-order valence-corrected chi connectivity index (χ3v) is 3.27. The van der Waals surface area contributed by atoms with Gasteiger partial charge in [0.1, 0.15) is 0 Å². The molecule has 0 atom stereocenters. The number of rotatable bonds is 8. The highest BCUT2D eigenvalue weighted by Crippen LogP contribution is 2.15. The minimum absolute atomic E-state index is 0.0614. The average Bonchev–Trinajstić information content (AvgIpc) is 2.27. The number of carbonyl (C=O) groups excluding carboxylic acids is 1. The lowest BCUT2D eigenvalue weighted by molar-refractivity contribution is -0.132. The van der Waals surface area contributed by atoms with E-state index in [0.29, 0.717) is 13.1 Å². The zero-order valence-corrected chi connectivity index (χ0v) is 13.0. The molecular weight excluding hydrogens is 226 g/mol. The molecule has 4 nitrogen and oxygen atoms in total. The zero-order chi connectivity index (χ0) is 14.3. The quantitative estimate of drug-likeness (QED) is 0.718. The van der Waals surface area contributed by atoms with Crippen LogP contribution in [0.2, 0.25) is 0 Å². The number of carbonyl (C=O) groups is 1. The molecule has 0 aromatic heterocycles. The Kier molecular flexibility index (Phi) is 7.48. The van der Waals surface area contributed by atoms with Gasteiger partial charge < -0.3 is 10.6 Å². The van der Waals surface area contributed by atoms with Crippen LogP contribution in [0.1, 0.15) is 41.0 Å². The normalized spacial score (nSPS) is 12.3. The first-order chi connectivity index (χ1) is 8.23. The van der Waals surface area contributed by atoms with Gasteiger partial charge in [-0.05, 0) is 38.8 Å². The van der Waals surface area contributed by atoms with Crippen LogP contribution in [0.5, 0.6) is 0 Å². The molecule has 0 saturated heterocycles. The first-order valence-electron chi connectivity index (χ1n) is 6.91. The molecule has 0 rings (SSSR count). The fourth-order valence-electron chi connectivity index (χ4n) is 1.79. The van der Waals surface area contributed by atoms with E-state index in [1.54, 1.807) is 4.90 Å². The predicted molar refractivity (Wildman–Crippen MR) is 77.5 cm³/mol. The molecular formula is C14H31N3O. The van der Waals surface area contributed by atoms with Crippen LogP contribution in [0.15, 0.2) is 0 Å². The van der Waals surface area contributed by atoms with Crippen molar-refractivity contribution in [2.75, 3.05) is 33.2 Å². The fraction of sp³-hybridized carbons (Fsp3) is 0.929. The summed E-state index contributed by atoms with van der Waals surface area (Å²) in [6, 6.07) is 0.253. The number of hydrogen-bond donors (Lipinski definition) is 1. The lowest BCUT2D eigenvalue weighted by Gasteiger charge is -2.33. The SMILES string of the molecule is CCCN(CC(=O)N(C)C(C)C)CC(C)(C)CN. The summed E-state index contributed by atoms with van der Waals surface area (Å²) in [7, 11) is 1.87. The molecule has 0 aromatic carbocycles. The molecule has 0 heterocycles. The molecule has 4 heteroatoms. The Morgan fingerprint density at radius 3 is 2.28 bits per heavy atom. The third-order valence-electron chi connectivity index (χ3n) is 3.27. The maximum Gasteiger partial charge on any atom is 0.236 e. The maximum atomic E-state index is 12.1. The Bertz CT molecular complexity index is 251. The maximum absolute atomic E-state index is 12.1. The van der Waals surface area contributed by atoms with Crippen molar-refractivity contribution >= 4 is 5.91 Å². The minimum Gasteiger partial charge on any atom is -0.342 e. The van der Waals surface area contributed by atoms with Gasteiger partial charge in [-0.2, -0.15) is 0 Å². The fourth-order valence-corrected chi connectivity index (χ4v) is 1.79. The van der Waals surface area contributed by atoms with E-state index in [9.17, 15) is 4.79 Å². The Hall–Kier alpha value is -0.610. The van der Waals surface area contributed by atoms with Gasteiger partial charge in [-0.1, -0.05) is 20.8 Å². The Morgan fingerprint density at radius 1 is 1.33 bits per heavy atom. The van der Waals surface area contributed by atoms with E-state index in [-0.39, 0.29) is 17.4 Å². The molecule has 1 amide bonds. The molecule has 0 radical (unpaired) electrons. The molecule has 0 aliphatic rings. The van der Waals surface area contributed by atoms with Crippen molar-refractivity contribution < 1.29 is 4.79 Å². The van der Waals surface area contributed by atoms with Gasteiger partial charge in [0.2, 0.25) is 5.91 Å². The molecule has 0 bridgehead atoms. The van der Waals surface area contributed by atoms with Crippen LogP contribution in [-0.4, -0.2) is 55.0 Å². The Labute approximate surface area is 113 Å². The van der Waals surface area contributed by atoms with Gasteiger partial charge in [0.25, 0.3) is 0 Å². The lowest BCUT2D eigenvalue weighted by atomic mass is 9.93. The van der Waals surface area contributed by atoms with Crippen molar-refractivity contribution in [3.05, 3.63) is 0 Å². The highest BCUT2D eigenvalue weighted by molar-refractivity contribution is 5.78. The molecule has 18 heavy (non-hydrogen) atoms. The molecule has 2 N–H and O–H groups in total.